The first-order valence-electron chi connectivity index (χ1n) is 6.58. The number of aromatic nitrogens is 3. The summed E-state index contributed by atoms with van der Waals surface area (Å²) in [6.07, 6.45) is 0. The van der Waals surface area contributed by atoms with E-state index in [2.05, 4.69) is 10.3 Å². The summed E-state index contributed by atoms with van der Waals surface area (Å²) in [4.78, 5) is 0. The van der Waals surface area contributed by atoms with Crippen LogP contribution in [0.4, 0.5) is 4.39 Å². The Labute approximate surface area is 121 Å². The maximum absolute atomic E-state index is 13.1. The number of fused-ring (bicyclic) bond motifs is 1. The van der Waals surface area contributed by atoms with Crippen molar-refractivity contribution in [3.05, 3.63) is 65.5 Å². The Morgan fingerprint density at radius 3 is 2.57 bits per heavy atom. The van der Waals surface area contributed by atoms with Crippen LogP contribution in [-0.2, 0) is 0 Å². The number of hydrogen-bond donors (Lipinski definition) is 1. The SMILES string of the molecule is C/C(CO)=C(/c1ccc(F)cc1)n1nnc2ccccc21. The normalized spacial score (nSPS) is 12.5. The molecular weight excluding hydrogens is 269 g/mol. The first-order valence-corrected chi connectivity index (χ1v) is 6.58. The van der Waals surface area contributed by atoms with Gasteiger partial charge < -0.3 is 5.11 Å². The molecule has 0 unspecified atom stereocenters. The van der Waals surface area contributed by atoms with Gasteiger partial charge in [-0.2, -0.15) is 0 Å². The molecule has 0 spiro atoms. The lowest BCUT2D eigenvalue weighted by atomic mass is 10.1. The maximum Gasteiger partial charge on any atom is 0.123 e. The topological polar surface area (TPSA) is 50.9 Å². The van der Waals surface area contributed by atoms with Gasteiger partial charge in [0, 0.05) is 5.56 Å². The van der Waals surface area contributed by atoms with Gasteiger partial charge in [0.25, 0.3) is 0 Å². The second-order valence-corrected chi connectivity index (χ2v) is 4.78. The third kappa shape index (κ3) is 2.43. The third-order valence-corrected chi connectivity index (χ3v) is 3.32. The van der Waals surface area contributed by atoms with E-state index in [1.165, 1.54) is 12.1 Å². The number of aliphatic hydroxyl groups is 1. The van der Waals surface area contributed by atoms with Crippen molar-refractivity contribution in [3.8, 4) is 0 Å². The van der Waals surface area contributed by atoms with E-state index in [0.29, 0.717) is 5.70 Å². The molecule has 0 fully saturated rings. The van der Waals surface area contributed by atoms with Crippen LogP contribution in [0, 0.1) is 5.82 Å². The lowest BCUT2D eigenvalue weighted by molar-refractivity contribution is 0.331. The second-order valence-electron chi connectivity index (χ2n) is 4.78. The summed E-state index contributed by atoms with van der Waals surface area (Å²) in [5, 5.41) is 17.8. The van der Waals surface area contributed by atoms with Crippen LogP contribution in [0.15, 0.2) is 54.1 Å². The monoisotopic (exact) mass is 283 g/mol. The van der Waals surface area contributed by atoms with Gasteiger partial charge in [-0.05, 0) is 48.9 Å². The number of hydrogen-bond acceptors (Lipinski definition) is 3. The molecule has 0 aliphatic heterocycles. The summed E-state index contributed by atoms with van der Waals surface area (Å²) in [6.45, 7) is 1.70. The first-order chi connectivity index (χ1) is 10.2. The fourth-order valence-electron chi connectivity index (χ4n) is 2.27. The quantitative estimate of drug-likeness (QED) is 0.804. The fraction of sp³-hybridized carbons (Fsp3) is 0.125. The maximum atomic E-state index is 13.1. The van der Waals surface area contributed by atoms with Gasteiger partial charge in [0.1, 0.15) is 11.3 Å². The molecule has 0 atom stereocenters. The number of aliphatic hydroxyl groups excluding tert-OH is 1. The Hall–Kier alpha value is -2.53. The molecule has 1 heterocycles. The Morgan fingerprint density at radius 2 is 1.86 bits per heavy atom. The molecule has 0 bridgehead atoms. The van der Waals surface area contributed by atoms with Crippen LogP contribution >= 0.6 is 0 Å². The molecule has 0 amide bonds. The van der Waals surface area contributed by atoms with Gasteiger partial charge in [-0.1, -0.05) is 17.3 Å². The van der Waals surface area contributed by atoms with Gasteiger partial charge in [-0.3, -0.25) is 0 Å². The molecule has 21 heavy (non-hydrogen) atoms. The highest BCUT2D eigenvalue weighted by Crippen LogP contribution is 2.24. The van der Waals surface area contributed by atoms with Crippen molar-refractivity contribution in [3.63, 3.8) is 0 Å². The Bertz CT molecular complexity index is 806. The number of nitrogens with zero attached hydrogens (tertiary/aromatic N) is 3. The standard InChI is InChI=1S/C16H14FN3O/c1-11(10-21)16(12-6-8-13(17)9-7-12)20-15-5-3-2-4-14(15)18-19-20/h2-9,21H,10H2,1H3/b16-11+. The highest BCUT2D eigenvalue weighted by atomic mass is 19.1. The number of para-hydroxylation sites is 1. The van der Waals surface area contributed by atoms with E-state index >= 15 is 0 Å². The summed E-state index contributed by atoms with van der Waals surface area (Å²) in [7, 11) is 0. The summed E-state index contributed by atoms with van der Waals surface area (Å²) < 4.78 is 14.8. The minimum Gasteiger partial charge on any atom is -0.392 e. The average Bonchev–Trinajstić information content (AvgIpc) is 2.93. The zero-order chi connectivity index (χ0) is 14.8. The van der Waals surface area contributed by atoms with E-state index in [0.717, 1.165) is 22.2 Å². The predicted molar refractivity (Wildman–Crippen MR) is 79.0 cm³/mol. The molecule has 5 heteroatoms. The van der Waals surface area contributed by atoms with E-state index < -0.39 is 0 Å². The van der Waals surface area contributed by atoms with Crippen molar-refractivity contribution in [2.75, 3.05) is 6.61 Å². The molecule has 0 aliphatic rings. The number of rotatable bonds is 3. The highest BCUT2D eigenvalue weighted by molar-refractivity contribution is 5.81. The second kappa shape index (κ2) is 5.46. The van der Waals surface area contributed by atoms with Gasteiger partial charge in [-0.15, -0.1) is 5.10 Å². The molecule has 1 N–H and O–H groups in total. The minimum atomic E-state index is -0.303. The molecule has 3 aromatic rings. The smallest absolute Gasteiger partial charge is 0.123 e. The van der Waals surface area contributed by atoms with Gasteiger partial charge in [-0.25, -0.2) is 9.07 Å². The van der Waals surface area contributed by atoms with E-state index in [1.807, 2.05) is 31.2 Å². The molecule has 2 aromatic carbocycles. The van der Waals surface area contributed by atoms with Crippen LogP contribution in [-0.4, -0.2) is 26.7 Å². The summed E-state index contributed by atoms with van der Waals surface area (Å²) in [5.74, 6) is -0.303. The molecule has 0 radical (unpaired) electrons. The van der Waals surface area contributed by atoms with Crippen LogP contribution in [0.5, 0.6) is 0 Å². The lowest BCUT2D eigenvalue weighted by Gasteiger charge is -2.12. The van der Waals surface area contributed by atoms with E-state index in [9.17, 15) is 9.50 Å². The van der Waals surface area contributed by atoms with E-state index in [-0.39, 0.29) is 12.4 Å². The van der Waals surface area contributed by atoms with Gasteiger partial charge in [0.05, 0.1) is 17.8 Å². The molecule has 0 saturated carbocycles. The van der Waals surface area contributed by atoms with E-state index in [4.69, 9.17) is 0 Å². The largest absolute Gasteiger partial charge is 0.392 e. The fourth-order valence-corrected chi connectivity index (χ4v) is 2.27. The van der Waals surface area contributed by atoms with Crippen molar-refractivity contribution in [2.24, 2.45) is 0 Å². The Kier molecular flexibility index (Phi) is 3.50. The van der Waals surface area contributed by atoms with E-state index in [1.54, 1.807) is 16.8 Å². The minimum absolute atomic E-state index is 0.110. The lowest BCUT2D eigenvalue weighted by Crippen LogP contribution is -2.06. The van der Waals surface area contributed by atoms with Gasteiger partial charge >= 0.3 is 0 Å². The molecule has 1 aromatic heterocycles. The first kappa shape index (κ1) is 13.5. The Morgan fingerprint density at radius 1 is 1.14 bits per heavy atom. The third-order valence-electron chi connectivity index (χ3n) is 3.32. The van der Waals surface area contributed by atoms with Crippen molar-refractivity contribution >= 4 is 16.7 Å². The van der Waals surface area contributed by atoms with Crippen LogP contribution < -0.4 is 0 Å². The van der Waals surface area contributed by atoms with Crippen molar-refractivity contribution < 1.29 is 9.50 Å². The number of benzene rings is 2. The summed E-state index contributed by atoms with van der Waals surface area (Å²) in [5.41, 5.74) is 3.83. The van der Waals surface area contributed by atoms with Crippen LogP contribution in [0.2, 0.25) is 0 Å². The van der Waals surface area contributed by atoms with Crippen LogP contribution in [0.25, 0.3) is 16.7 Å². The molecule has 0 saturated heterocycles. The predicted octanol–water partition coefficient (Wildman–Crippen LogP) is 2.84. The van der Waals surface area contributed by atoms with Crippen LogP contribution in [0.3, 0.4) is 0 Å². The van der Waals surface area contributed by atoms with Crippen molar-refractivity contribution in [1.82, 2.24) is 15.0 Å². The summed E-state index contributed by atoms with van der Waals surface area (Å²) >= 11 is 0. The average molecular weight is 283 g/mol. The molecule has 3 rings (SSSR count). The molecule has 0 aliphatic carbocycles. The van der Waals surface area contributed by atoms with Crippen molar-refractivity contribution in [1.29, 1.82) is 0 Å². The molecule has 4 nitrogen and oxygen atoms in total. The van der Waals surface area contributed by atoms with Crippen LogP contribution in [0.1, 0.15) is 12.5 Å². The van der Waals surface area contributed by atoms with Gasteiger partial charge in [0.15, 0.2) is 0 Å². The summed E-state index contributed by atoms with van der Waals surface area (Å²) in [6, 6.07) is 13.7. The molecular formula is C16H14FN3O. The van der Waals surface area contributed by atoms with Crippen molar-refractivity contribution in [2.45, 2.75) is 6.92 Å². The van der Waals surface area contributed by atoms with Gasteiger partial charge in [0.2, 0.25) is 0 Å². The molecule has 106 valence electrons. The zero-order valence-corrected chi connectivity index (χ0v) is 11.5. The zero-order valence-electron chi connectivity index (χ0n) is 11.5. The Balaban J connectivity index is 2.24. The highest BCUT2D eigenvalue weighted by Gasteiger charge is 2.13. The number of halogens is 1.